The summed E-state index contributed by atoms with van der Waals surface area (Å²) in [5.41, 5.74) is 0.271. The Bertz CT molecular complexity index is 1070. The standard InChI is InChI=1S/C29H38N2O7/c1-20(2)15-24(26(34)29(18-33)19-38-29)30-28(36)25(17-32)31-27(35)22-12-8-13-23(16-22)37-14-7-6-11-21-9-4-3-5-10-21/h3-5,8-10,12-13,16,20,24-25,32-33H,6-7,11,14-15,17-19H2,1-2H3,(H,30,36)(H,31,35)/t24-,25-,29-/m0/s1. The summed E-state index contributed by atoms with van der Waals surface area (Å²) in [5.74, 6) is -1.07. The maximum Gasteiger partial charge on any atom is 0.252 e. The predicted octanol–water partition coefficient (Wildman–Crippen LogP) is 2.04. The number of Topliss-reactive ketones (excluding diaryl/α,β-unsaturated/α-hetero) is 1. The van der Waals surface area contributed by atoms with E-state index in [1.54, 1.807) is 24.3 Å². The van der Waals surface area contributed by atoms with Crippen molar-refractivity contribution in [3.05, 3.63) is 65.7 Å². The van der Waals surface area contributed by atoms with E-state index in [9.17, 15) is 24.6 Å². The summed E-state index contributed by atoms with van der Waals surface area (Å²) >= 11 is 0. The van der Waals surface area contributed by atoms with Crippen LogP contribution in [-0.2, 0) is 20.7 Å². The lowest BCUT2D eigenvalue weighted by Gasteiger charge is -2.24. The van der Waals surface area contributed by atoms with Crippen molar-refractivity contribution in [1.29, 1.82) is 0 Å². The Kier molecular flexibility index (Phi) is 10.8. The van der Waals surface area contributed by atoms with Gasteiger partial charge in [-0.05, 0) is 55.4 Å². The molecule has 2 aromatic carbocycles. The van der Waals surface area contributed by atoms with Gasteiger partial charge in [-0.3, -0.25) is 14.4 Å². The van der Waals surface area contributed by atoms with E-state index in [4.69, 9.17) is 9.47 Å². The van der Waals surface area contributed by atoms with Crippen LogP contribution >= 0.6 is 0 Å². The van der Waals surface area contributed by atoms with Gasteiger partial charge in [0.1, 0.15) is 11.8 Å². The Labute approximate surface area is 223 Å². The topological polar surface area (TPSA) is 137 Å². The maximum atomic E-state index is 12.9. The van der Waals surface area contributed by atoms with Gasteiger partial charge in [0.25, 0.3) is 5.91 Å². The highest BCUT2D eigenvalue weighted by atomic mass is 16.6. The van der Waals surface area contributed by atoms with Crippen LogP contribution in [-0.4, -0.2) is 71.9 Å². The first-order valence-electron chi connectivity index (χ1n) is 13.1. The predicted molar refractivity (Wildman–Crippen MR) is 142 cm³/mol. The number of ketones is 1. The van der Waals surface area contributed by atoms with Crippen molar-refractivity contribution < 1.29 is 34.1 Å². The van der Waals surface area contributed by atoms with E-state index in [1.807, 2.05) is 32.0 Å². The van der Waals surface area contributed by atoms with Crippen LogP contribution in [0.5, 0.6) is 5.75 Å². The highest BCUT2D eigenvalue weighted by molar-refractivity contribution is 6.00. The Morgan fingerprint density at radius 1 is 1.00 bits per heavy atom. The summed E-state index contributed by atoms with van der Waals surface area (Å²) in [6.45, 7) is 3.27. The number of aliphatic hydroxyl groups is 2. The lowest BCUT2D eigenvalue weighted by Crippen LogP contribution is -2.55. The fourth-order valence-electron chi connectivity index (χ4n) is 4.12. The quantitative estimate of drug-likeness (QED) is 0.194. The number of hydrogen-bond donors (Lipinski definition) is 4. The number of aryl methyl sites for hydroxylation is 1. The highest BCUT2D eigenvalue weighted by Crippen LogP contribution is 2.30. The van der Waals surface area contributed by atoms with E-state index in [1.165, 1.54) is 5.56 Å². The number of aliphatic hydroxyl groups excluding tert-OH is 2. The molecule has 3 atom stereocenters. The lowest BCUT2D eigenvalue weighted by molar-refractivity contribution is -0.133. The van der Waals surface area contributed by atoms with Crippen LogP contribution in [0.2, 0.25) is 0 Å². The number of epoxide rings is 1. The van der Waals surface area contributed by atoms with Crippen molar-refractivity contribution in [2.75, 3.05) is 26.4 Å². The van der Waals surface area contributed by atoms with Gasteiger partial charge < -0.3 is 30.3 Å². The minimum Gasteiger partial charge on any atom is -0.494 e. The van der Waals surface area contributed by atoms with Crippen LogP contribution in [0, 0.1) is 5.92 Å². The van der Waals surface area contributed by atoms with E-state index in [2.05, 4.69) is 22.8 Å². The van der Waals surface area contributed by atoms with Crippen LogP contribution in [0.25, 0.3) is 0 Å². The molecule has 1 fully saturated rings. The first kappa shape index (κ1) is 29.3. The van der Waals surface area contributed by atoms with Crippen molar-refractivity contribution in [3.63, 3.8) is 0 Å². The average molecular weight is 527 g/mol. The van der Waals surface area contributed by atoms with E-state index in [0.717, 1.165) is 19.3 Å². The maximum absolute atomic E-state index is 12.9. The Morgan fingerprint density at radius 3 is 2.37 bits per heavy atom. The van der Waals surface area contributed by atoms with E-state index >= 15 is 0 Å². The molecule has 9 heteroatoms. The van der Waals surface area contributed by atoms with Crippen LogP contribution < -0.4 is 15.4 Å². The molecule has 2 amide bonds. The fraction of sp³-hybridized carbons (Fsp3) is 0.483. The Balaban J connectivity index is 1.52. The number of amides is 2. The van der Waals surface area contributed by atoms with Gasteiger partial charge >= 0.3 is 0 Å². The molecule has 0 saturated carbocycles. The lowest BCUT2D eigenvalue weighted by atomic mass is 9.92. The molecule has 1 saturated heterocycles. The molecule has 1 aliphatic heterocycles. The molecule has 206 valence electrons. The largest absolute Gasteiger partial charge is 0.494 e. The number of carbonyl (C=O) groups excluding carboxylic acids is 3. The van der Waals surface area contributed by atoms with E-state index in [0.29, 0.717) is 18.8 Å². The molecule has 0 bridgehead atoms. The van der Waals surface area contributed by atoms with E-state index < -0.39 is 48.5 Å². The zero-order valence-corrected chi connectivity index (χ0v) is 22.0. The molecule has 9 nitrogen and oxygen atoms in total. The number of nitrogens with one attached hydrogen (secondary N) is 2. The Hall–Kier alpha value is -3.27. The van der Waals surface area contributed by atoms with Gasteiger partial charge in [0.2, 0.25) is 5.91 Å². The first-order valence-corrected chi connectivity index (χ1v) is 13.1. The molecular formula is C29H38N2O7. The van der Waals surface area contributed by atoms with Gasteiger partial charge in [-0.15, -0.1) is 0 Å². The van der Waals surface area contributed by atoms with Gasteiger partial charge in [0.15, 0.2) is 11.4 Å². The van der Waals surface area contributed by atoms with Gasteiger partial charge in [0.05, 0.1) is 32.5 Å². The highest BCUT2D eigenvalue weighted by Gasteiger charge is 2.54. The van der Waals surface area contributed by atoms with Crippen LogP contribution in [0.1, 0.15) is 49.0 Å². The van der Waals surface area contributed by atoms with Crippen molar-refractivity contribution in [2.24, 2.45) is 5.92 Å². The third-order valence-electron chi connectivity index (χ3n) is 6.41. The van der Waals surface area contributed by atoms with Gasteiger partial charge in [0, 0.05) is 5.56 Å². The van der Waals surface area contributed by atoms with Gasteiger partial charge in [-0.1, -0.05) is 50.2 Å². The molecular weight excluding hydrogens is 488 g/mol. The smallest absolute Gasteiger partial charge is 0.252 e. The summed E-state index contributed by atoms with van der Waals surface area (Å²) < 4.78 is 11.0. The third-order valence-corrected chi connectivity index (χ3v) is 6.41. The summed E-state index contributed by atoms with van der Waals surface area (Å²) in [4.78, 5) is 38.6. The molecule has 4 N–H and O–H groups in total. The van der Waals surface area contributed by atoms with Crippen LogP contribution in [0.15, 0.2) is 54.6 Å². The first-order chi connectivity index (χ1) is 18.3. The number of rotatable bonds is 16. The minimum atomic E-state index is -1.28. The molecule has 0 aromatic heterocycles. The minimum absolute atomic E-state index is 0.0713. The summed E-state index contributed by atoms with van der Waals surface area (Å²) in [7, 11) is 0. The molecule has 0 radical (unpaired) electrons. The molecule has 2 aromatic rings. The van der Waals surface area contributed by atoms with Gasteiger partial charge in [-0.25, -0.2) is 0 Å². The van der Waals surface area contributed by atoms with Crippen molar-refractivity contribution >= 4 is 17.6 Å². The van der Waals surface area contributed by atoms with E-state index in [-0.39, 0.29) is 18.1 Å². The molecule has 1 aliphatic rings. The molecule has 0 unspecified atom stereocenters. The third kappa shape index (κ3) is 8.37. The second-order valence-corrected chi connectivity index (χ2v) is 10.0. The summed E-state index contributed by atoms with van der Waals surface area (Å²) in [5, 5.41) is 24.5. The SMILES string of the molecule is CC(C)C[C@H](NC(=O)[C@H](CO)NC(=O)c1cccc(OCCCCc2ccccc2)c1)C(=O)[C@]1(CO)CO1. The van der Waals surface area contributed by atoms with Crippen molar-refractivity contribution in [2.45, 2.75) is 57.2 Å². The van der Waals surface area contributed by atoms with Gasteiger partial charge in [-0.2, -0.15) is 0 Å². The number of unbranched alkanes of at least 4 members (excludes halogenated alkanes) is 1. The Morgan fingerprint density at radius 2 is 1.74 bits per heavy atom. The number of benzene rings is 2. The number of carbonyl (C=O) groups is 3. The number of hydrogen-bond acceptors (Lipinski definition) is 7. The fourth-order valence-corrected chi connectivity index (χ4v) is 4.12. The summed E-state index contributed by atoms with van der Waals surface area (Å²) in [6, 6.07) is 14.7. The van der Waals surface area contributed by atoms with Crippen LogP contribution in [0.3, 0.4) is 0 Å². The molecule has 38 heavy (non-hydrogen) atoms. The monoisotopic (exact) mass is 526 g/mol. The molecule has 1 heterocycles. The zero-order chi connectivity index (χ0) is 27.5. The molecule has 0 aliphatic carbocycles. The van der Waals surface area contributed by atoms with Crippen molar-refractivity contribution in [3.8, 4) is 5.75 Å². The second-order valence-electron chi connectivity index (χ2n) is 10.0. The molecule has 0 spiro atoms. The van der Waals surface area contributed by atoms with Crippen LogP contribution in [0.4, 0.5) is 0 Å². The number of ether oxygens (including phenoxy) is 2. The average Bonchev–Trinajstić information content (AvgIpc) is 3.72. The normalized spacial score (nSPS) is 17.9. The molecule has 3 rings (SSSR count). The second kappa shape index (κ2) is 14.0. The van der Waals surface area contributed by atoms with Crippen molar-refractivity contribution in [1.82, 2.24) is 10.6 Å². The summed E-state index contributed by atoms with van der Waals surface area (Å²) in [6.07, 6.45) is 3.13. The zero-order valence-electron chi connectivity index (χ0n) is 22.0.